The van der Waals surface area contributed by atoms with Crippen LogP contribution in [0.25, 0.3) is 0 Å². The molecule has 0 aromatic heterocycles. The van der Waals surface area contributed by atoms with E-state index in [9.17, 15) is 0 Å². The summed E-state index contributed by atoms with van der Waals surface area (Å²) in [5.74, 6) is 0.926. The van der Waals surface area contributed by atoms with E-state index in [1.54, 1.807) is 0 Å². The zero-order valence-electron chi connectivity index (χ0n) is 13.2. The van der Waals surface area contributed by atoms with Crippen molar-refractivity contribution in [2.45, 2.75) is 0 Å². The molecule has 1 fully saturated rings. The van der Waals surface area contributed by atoms with E-state index < -0.39 is 0 Å². The van der Waals surface area contributed by atoms with Gasteiger partial charge in [0.15, 0.2) is 0 Å². The van der Waals surface area contributed by atoms with Crippen molar-refractivity contribution in [1.82, 2.24) is 9.80 Å². The largest absolute Gasteiger partial charge is 0.492 e. The molecule has 0 amide bonds. The molecule has 0 spiro atoms. The maximum absolute atomic E-state index is 5.68. The molecule has 118 valence electrons. The molecule has 0 saturated carbocycles. The second kappa shape index (κ2) is 8.87. The lowest BCUT2D eigenvalue weighted by Crippen LogP contribution is -2.38. The number of ether oxygens (including phenoxy) is 2. The van der Waals surface area contributed by atoms with Crippen LogP contribution in [0.15, 0.2) is 24.3 Å². The molecule has 1 N–H and O–H groups in total. The lowest BCUT2D eigenvalue weighted by atomic mass is 10.3. The van der Waals surface area contributed by atoms with Crippen LogP contribution in [0.5, 0.6) is 5.75 Å². The highest BCUT2D eigenvalue weighted by molar-refractivity contribution is 5.46. The molecule has 1 saturated heterocycles. The van der Waals surface area contributed by atoms with Gasteiger partial charge in [-0.3, -0.25) is 4.90 Å². The Morgan fingerprint density at radius 2 is 1.90 bits per heavy atom. The first-order chi connectivity index (χ1) is 10.2. The lowest BCUT2D eigenvalue weighted by molar-refractivity contribution is 0.0398. The number of benzene rings is 1. The van der Waals surface area contributed by atoms with Crippen molar-refractivity contribution in [2.75, 3.05) is 72.0 Å². The lowest BCUT2D eigenvalue weighted by Gasteiger charge is -2.26. The number of hydrogen-bond acceptors (Lipinski definition) is 5. The molecule has 0 aliphatic carbocycles. The maximum Gasteiger partial charge on any atom is 0.119 e. The van der Waals surface area contributed by atoms with Gasteiger partial charge in [-0.1, -0.05) is 0 Å². The summed E-state index contributed by atoms with van der Waals surface area (Å²) in [6.45, 7) is 7.47. The van der Waals surface area contributed by atoms with Crippen LogP contribution in [-0.4, -0.2) is 76.4 Å². The summed E-state index contributed by atoms with van der Waals surface area (Å²) in [6, 6.07) is 8.19. The molecule has 1 aliphatic heterocycles. The molecular formula is C16H27N3O2. The first-order valence-electron chi connectivity index (χ1n) is 7.65. The maximum atomic E-state index is 5.68. The summed E-state index contributed by atoms with van der Waals surface area (Å²) in [5, 5.41) is 3.45. The monoisotopic (exact) mass is 293 g/mol. The highest BCUT2D eigenvalue weighted by Crippen LogP contribution is 2.15. The normalized spacial score (nSPS) is 16.1. The van der Waals surface area contributed by atoms with Gasteiger partial charge >= 0.3 is 0 Å². The first kappa shape index (κ1) is 16.1. The highest BCUT2D eigenvalue weighted by Gasteiger charge is 2.08. The van der Waals surface area contributed by atoms with Gasteiger partial charge in [0.1, 0.15) is 12.4 Å². The molecule has 5 nitrogen and oxygen atoms in total. The zero-order valence-corrected chi connectivity index (χ0v) is 13.2. The van der Waals surface area contributed by atoms with Crippen LogP contribution in [0.1, 0.15) is 0 Å². The third-order valence-corrected chi connectivity index (χ3v) is 3.52. The fraction of sp³-hybridized carbons (Fsp3) is 0.625. The quantitative estimate of drug-likeness (QED) is 0.783. The van der Waals surface area contributed by atoms with Crippen molar-refractivity contribution in [2.24, 2.45) is 0 Å². The molecule has 5 heteroatoms. The average Bonchev–Trinajstić information content (AvgIpc) is 2.50. The van der Waals surface area contributed by atoms with Crippen LogP contribution >= 0.6 is 0 Å². The first-order valence-corrected chi connectivity index (χ1v) is 7.65. The fourth-order valence-electron chi connectivity index (χ4n) is 2.20. The van der Waals surface area contributed by atoms with Gasteiger partial charge in [-0.2, -0.15) is 0 Å². The van der Waals surface area contributed by atoms with Gasteiger partial charge in [0, 0.05) is 38.4 Å². The number of likely N-dealkylation sites (N-methyl/N-ethyl adjacent to an activating group) is 1. The van der Waals surface area contributed by atoms with Gasteiger partial charge in [-0.25, -0.2) is 0 Å². The van der Waals surface area contributed by atoms with Crippen LogP contribution < -0.4 is 10.1 Å². The summed E-state index contributed by atoms with van der Waals surface area (Å²) in [7, 11) is 4.09. The van der Waals surface area contributed by atoms with Gasteiger partial charge in [0.25, 0.3) is 0 Å². The number of morpholine rings is 1. The Morgan fingerprint density at radius 3 is 2.57 bits per heavy atom. The number of nitrogens with zero attached hydrogens (tertiary/aromatic N) is 2. The minimum atomic E-state index is 0.719. The second-order valence-electron chi connectivity index (χ2n) is 5.56. The highest BCUT2D eigenvalue weighted by atomic mass is 16.5. The third-order valence-electron chi connectivity index (χ3n) is 3.52. The van der Waals surface area contributed by atoms with Crippen LogP contribution in [0, 0.1) is 0 Å². The third kappa shape index (κ3) is 6.33. The minimum absolute atomic E-state index is 0.719. The Balaban J connectivity index is 1.64. The Bertz CT molecular complexity index is 389. The summed E-state index contributed by atoms with van der Waals surface area (Å²) in [5.41, 5.74) is 1.14. The predicted octanol–water partition coefficient (Wildman–Crippen LogP) is 1.37. The fourth-order valence-corrected chi connectivity index (χ4v) is 2.20. The van der Waals surface area contributed by atoms with Crippen LogP contribution in [0.2, 0.25) is 0 Å². The molecule has 1 heterocycles. The van der Waals surface area contributed by atoms with E-state index in [-0.39, 0.29) is 0 Å². The van der Waals surface area contributed by atoms with Gasteiger partial charge in [0.05, 0.1) is 13.2 Å². The Hall–Kier alpha value is -1.30. The Morgan fingerprint density at radius 1 is 1.19 bits per heavy atom. The van der Waals surface area contributed by atoms with E-state index in [2.05, 4.69) is 27.2 Å². The topological polar surface area (TPSA) is 37.0 Å². The molecule has 0 bridgehead atoms. The van der Waals surface area contributed by atoms with E-state index in [1.165, 1.54) is 0 Å². The predicted molar refractivity (Wildman–Crippen MR) is 86.2 cm³/mol. The second-order valence-corrected chi connectivity index (χ2v) is 5.56. The van der Waals surface area contributed by atoms with Crippen molar-refractivity contribution in [1.29, 1.82) is 0 Å². The SMILES string of the molecule is CN(C)CCOc1ccc(NCCN2CCOCC2)cc1. The molecule has 21 heavy (non-hydrogen) atoms. The summed E-state index contributed by atoms with van der Waals surface area (Å²) < 4.78 is 11.0. The minimum Gasteiger partial charge on any atom is -0.492 e. The van der Waals surface area contributed by atoms with Crippen molar-refractivity contribution in [3.8, 4) is 5.75 Å². The molecule has 0 atom stereocenters. The summed E-state index contributed by atoms with van der Waals surface area (Å²) in [6.07, 6.45) is 0. The standard InChI is InChI=1S/C16H27N3O2/c1-18(2)9-14-21-16-5-3-15(4-6-16)17-7-8-19-10-12-20-13-11-19/h3-6,17H,7-14H2,1-2H3. The van der Waals surface area contributed by atoms with E-state index in [1.807, 2.05) is 26.2 Å². The van der Waals surface area contributed by atoms with Crippen molar-refractivity contribution in [3.63, 3.8) is 0 Å². The molecule has 0 radical (unpaired) electrons. The number of anilines is 1. The van der Waals surface area contributed by atoms with E-state index >= 15 is 0 Å². The van der Waals surface area contributed by atoms with Gasteiger partial charge < -0.3 is 19.7 Å². The smallest absolute Gasteiger partial charge is 0.119 e. The van der Waals surface area contributed by atoms with Gasteiger partial charge in [0.2, 0.25) is 0 Å². The number of rotatable bonds is 8. The van der Waals surface area contributed by atoms with Crippen LogP contribution in [0.3, 0.4) is 0 Å². The Kier molecular flexibility index (Phi) is 6.79. The molecular weight excluding hydrogens is 266 g/mol. The molecule has 2 rings (SSSR count). The van der Waals surface area contributed by atoms with E-state index in [4.69, 9.17) is 9.47 Å². The van der Waals surface area contributed by atoms with E-state index in [0.717, 1.165) is 64.0 Å². The molecule has 1 aliphatic rings. The molecule has 1 aromatic rings. The summed E-state index contributed by atoms with van der Waals surface area (Å²) >= 11 is 0. The van der Waals surface area contributed by atoms with Crippen molar-refractivity contribution in [3.05, 3.63) is 24.3 Å². The van der Waals surface area contributed by atoms with Gasteiger partial charge in [-0.05, 0) is 38.4 Å². The Labute approximate surface area is 127 Å². The number of hydrogen-bond donors (Lipinski definition) is 1. The molecule has 0 unspecified atom stereocenters. The molecule has 1 aromatic carbocycles. The average molecular weight is 293 g/mol. The number of nitrogens with one attached hydrogen (secondary N) is 1. The zero-order chi connectivity index (χ0) is 14.9. The summed E-state index contributed by atoms with van der Waals surface area (Å²) in [4.78, 5) is 4.54. The van der Waals surface area contributed by atoms with Crippen molar-refractivity contribution < 1.29 is 9.47 Å². The van der Waals surface area contributed by atoms with E-state index in [0.29, 0.717) is 0 Å². The van der Waals surface area contributed by atoms with Crippen LogP contribution in [0.4, 0.5) is 5.69 Å². The van der Waals surface area contributed by atoms with Crippen LogP contribution in [-0.2, 0) is 4.74 Å². The van der Waals surface area contributed by atoms with Crippen molar-refractivity contribution >= 4 is 5.69 Å². The van der Waals surface area contributed by atoms with Gasteiger partial charge in [-0.15, -0.1) is 0 Å².